The van der Waals surface area contributed by atoms with Crippen molar-refractivity contribution >= 4 is 5.97 Å². The lowest BCUT2D eigenvalue weighted by Crippen LogP contribution is -2.47. The van der Waals surface area contributed by atoms with E-state index in [4.69, 9.17) is 10.5 Å². The van der Waals surface area contributed by atoms with Crippen molar-refractivity contribution in [3.63, 3.8) is 0 Å². The molecular formula is C8H16FNO2. The minimum atomic E-state index is -1.20. The Labute approximate surface area is 72.1 Å². The lowest BCUT2D eigenvalue weighted by Gasteiger charge is -2.22. The second kappa shape index (κ2) is 4.40. The first kappa shape index (κ1) is 11.4. The Morgan fingerprint density at radius 1 is 1.67 bits per heavy atom. The molecule has 0 radical (unpaired) electrons. The molecule has 0 rings (SSSR count). The van der Waals surface area contributed by atoms with Gasteiger partial charge in [0.2, 0.25) is 0 Å². The summed E-state index contributed by atoms with van der Waals surface area (Å²) in [6.45, 7) is 4.31. The molecular weight excluding hydrogens is 161 g/mol. The van der Waals surface area contributed by atoms with Gasteiger partial charge in [-0.15, -0.1) is 0 Å². The normalized spacial score (nSPS) is 15.8. The summed E-state index contributed by atoms with van der Waals surface area (Å²) in [6.07, 6.45) is -0.210. The van der Waals surface area contributed by atoms with Gasteiger partial charge in [-0.05, 0) is 20.8 Å². The van der Waals surface area contributed by atoms with Gasteiger partial charge >= 0.3 is 5.97 Å². The molecule has 0 aliphatic heterocycles. The summed E-state index contributed by atoms with van der Waals surface area (Å²) in [6, 6.07) is 0. The van der Waals surface area contributed by atoms with Gasteiger partial charge in [0, 0.05) is 6.42 Å². The Morgan fingerprint density at radius 3 is 2.50 bits per heavy atom. The van der Waals surface area contributed by atoms with Crippen LogP contribution in [0.15, 0.2) is 0 Å². The van der Waals surface area contributed by atoms with Crippen molar-refractivity contribution in [2.75, 3.05) is 6.67 Å². The Hall–Kier alpha value is -0.640. The van der Waals surface area contributed by atoms with Crippen LogP contribution in [-0.2, 0) is 9.53 Å². The zero-order valence-electron chi connectivity index (χ0n) is 7.76. The predicted octanol–water partition coefficient (Wildman–Crippen LogP) is 1.01. The van der Waals surface area contributed by atoms with Gasteiger partial charge in [0.15, 0.2) is 0 Å². The van der Waals surface area contributed by atoms with Crippen molar-refractivity contribution in [1.29, 1.82) is 0 Å². The summed E-state index contributed by atoms with van der Waals surface area (Å²) in [5.74, 6) is -0.546. The summed E-state index contributed by atoms with van der Waals surface area (Å²) in [5.41, 5.74) is 4.31. The number of halogens is 1. The molecule has 2 N–H and O–H groups in total. The van der Waals surface area contributed by atoms with E-state index in [0.717, 1.165) is 0 Å². The highest BCUT2D eigenvalue weighted by atomic mass is 19.1. The lowest BCUT2D eigenvalue weighted by atomic mass is 10.0. The Balaban J connectivity index is 4.06. The van der Waals surface area contributed by atoms with Crippen molar-refractivity contribution in [2.24, 2.45) is 5.73 Å². The summed E-state index contributed by atoms with van der Waals surface area (Å²) >= 11 is 0. The van der Waals surface area contributed by atoms with Crippen LogP contribution in [0.2, 0.25) is 0 Å². The highest BCUT2D eigenvalue weighted by Crippen LogP contribution is 2.09. The molecule has 0 aromatic carbocycles. The maximum Gasteiger partial charge on any atom is 0.326 e. The largest absolute Gasteiger partial charge is 0.462 e. The third-order valence-electron chi connectivity index (χ3n) is 1.42. The minimum absolute atomic E-state index is 0.00144. The van der Waals surface area contributed by atoms with E-state index < -0.39 is 18.2 Å². The quantitative estimate of drug-likeness (QED) is 0.652. The van der Waals surface area contributed by atoms with Crippen molar-refractivity contribution < 1.29 is 13.9 Å². The zero-order valence-corrected chi connectivity index (χ0v) is 7.76. The van der Waals surface area contributed by atoms with E-state index in [1.807, 2.05) is 0 Å². The van der Waals surface area contributed by atoms with E-state index in [0.29, 0.717) is 0 Å². The fourth-order valence-corrected chi connectivity index (χ4v) is 0.647. The van der Waals surface area contributed by atoms with Gasteiger partial charge < -0.3 is 10.5 Å². The van der Waals surface area contributed by atoms with Crippen LogP contribution in [0, 0.1) is 0 Å². The van der Waals surface area contributed by atoms with E-state index in [1.165, 1.54) is 6.92 Å². The number of nitrogens with two attached hydrogens (primary N) is 1. The number of carbonyl (C=O) groups excluding carboxylic acids is 1. The SMILES string of the molecule is CC(C)OC(=O)[C@@](C)(N)CCF. The number of esters is 1. The molecule has 0 fully saturated rings. The third-order valence-corrected chi connectivity index (χ3v) is 1.42. The van der Waals surface area contributed by atoms with Crippen LogP contribution in [0.3, 0.4) is 0 Å². The van der Waals surface area contributed by atoms with Gasteiger partial charge in [0.25, 0.3) is 0 Å². The molecule has 0 spiro atoms. The van der Waals surface area contributed by atoms with E-state index >= 15 is 0 Å². The molecule has 0 bridgehead atoms. The lowest BCUT2D eigenvalue weighted by molar-refractivity contribution is -0.153. The molecule has 0 saturated carbocycles. The number of carbonyl (C=O) groups is 1. The van der Waals surface area contributed by atoms with Gasteiger partial charge in [0.1, 0.15) is 5.54 Å². The van der Waals surface area contributed by atoms with Crippen LogP contribution in [-0.4, -0.2) is 24.3 Å². The Kier molecular flexibility index (Phi) is 4.17. The van der Waals surface area contributed by atoms with Gasteiger partial charge in [-0.25, -0.2) is 0 Å². The van der Waals surface area contributed by atoms with Crippen LogP contribution in [0.4, 0.5) is 4.39 Å². The van der Waals surface area contributed by atoms with Crippen LogP contribution >= 0.6 is 0 Å². The van der Waals surface area contributed by atoms with Gasteiger partial charge in [-0.2, -0.15) is 0 Å². The first-order chi connectivity index (χ1) is 5.40. The minimum Gasteiger partial charge on any atom is -0.462 e. The number of hydrogen-bond donors (Lipinski definition) is 1. The van der Waals surface area contributed by atoms with Gasteiger partial charge in [-0.3, -0.25) is 9.18 Å². The summed E-state index contributed by atoms with van der Waals surface area (Å²) in [7, 11) is 0. The molecule has 0 unspecified atom stereocenters. The monoisotopic (exact) mass is 177 g/mol. The third kappa shape index (κ3) is 3.67. The molecule has 4 heteroatoms. The number of hydrogen-bond acceptors (Lipinski definition) is 3. The van der Waals surface area contributed by atoms with Crippen molar-refractivity contribution in [2.45, 2.75) is 38.8 Å². The number of rotatable bonds is 4. The summed E-state index contributed by atoms with van der Waals surface area (Å²) in [4.78, 5) is 11.2. The van der Waals surface area contributed by atoms with E-state index in [9.17, 15) is 9.18 Å². The molecule has 0 aromatic heterocycles. The van der Waals surface area contributed by atoms with Gasteiger partial charge in [-0.1, -0.05) is 0 Å². The number of ether oxygens (including phenoxy) is 1. The fourth-order valence-electron chi connectivity index (χ4n) is 0.647. The first-order valence-electron chi connectivity index (χ1n) is 3.96. The van der Waals surface area contributed by atoms with E-state index in [2.05, 4.69) is 0 Å². The molecule has 0 saturated heterocycles. The Morgan fingerprint density at radius 2 is 2.17 bits per heavy atom. The molecule has 72 valence electrons. The molecule has 0 aromatic rings. The van der Waals surface area contributed by atoms with Crippen molar-refractivity contribution in [3.05, 3.63) is 0 Å². The molecule has 1 atom stereocenters. The Bertz CT molecular complexity index is 157. The maximum absolute atomic E-state index is 11.9. The maximum atomic E-state index is 11.9. The van der Waals surface area contributed by atoms with Crippen LogP contribution in [0.25, 0.3) is 0 Å². The molecule has 3 nitrogen and oxygen atoms in total. The van der Waals surface area contributed by atoms with Crippen molar-refractivity contribution in [1.82, 2.24) is 0 Å². The molecule has 0 heterocycles. The predicted molar refractivity (Wildman–Crippen MR) is 44.4 cm³/mol. The van der Waals surface area contributed by atoms with Crippen LogP contribution in [0.5, 0.6) is 0 Å². The van der Waals surface area contributed by atoms with Crippen LogP contribution < -0.4 is 5.73 Å². The summed E-state index contributed by atoms with van der Waals surface area (Å²) < 4.78 is 16.7. The number of alkyl halides is 1. The van der Waals surface area contributed by atoms with E-state index in [-0.39, 0.29) is 12.5 Å². The first-order valence-corrected chi connectivity index (χ1v) is 3.96. The molecule has 0 aliphatic rings. The molecule has 0 amide bonds. The fraction of sp³-hybridized carbons (Fsp3) is 0.875. The highest BCUT2D eigenvalue weighted by molar-refractivity contribution is 5.80. The standard InChI is InChI=1S/C8H16FNO2/c1-6(2)12-7(11)8(3,10)4-5-9/h6H,4-5,10H2,1-3H3/t8-/m0/s1. The van der Waals surface area contributed by atoms with Crippen molar-refractivity contribution in [3.8, 4) is 0 Å². The average Bonchev–Trinajstić information content (AvgIpc) is 1.85. The average molecular weight is 177 g/mol. The highest BCUT2D eigenvalue weighted by Gasteiger charge is 2.30. The van der Waals surface area contributed by atoms with Crippen LogP contribution in [0.1, 0.15) is 27.2 Å². The molecule has 0 aliphatic carbocycles. The van der Waals surface area contributed by atoms with Gasteiger partial charge in [0.05, 0.1) is 12.8 Å². The topological polar surface area (TPSA) is 52.3 Å². The summed E-state index contributed by atoms with van der Waals surface area (Å²) in [5, 5.41) is 0. The zero-order chi connectivity index (χ0) is 9.78. The second-order valence-corrected chi connectivity index (χ2v) is 3.31. The van der Waals surface area contributed by atoms with E-state index in [1.54, 1.807) is 13.8 Å². The molecule has 12 heavy (non-hydrogen) atoms. The second-order valence-electron chi connectivity index (χ2n) is 3.31. The smallest absolute Gasteiger partial charge is 0.326 e.